The quantitative estimate of drug-likeness (QED) is 0.617. The monoisotopic (exact) mass is 253 g/mol. The minimum Gasteiger partial charge on any atom is -0.378 e. The Hall–Kier alpha value is -1.66. The minimum atomic E-state index is -0.861. The number of carbonyl (C=O) groups is 2. The Balaban J connectivity index is 2.35. The maximum Gasteiger partial charge on any atom is 0.242 e. The SMILES string of the molecule is C=CC(=C)C(N)C(=O)NCC(=O)N1CCOCC1. The van der Waals surface area contributed by atoms with E-state index in [4.69, 9.17) is 10.5 Å². The molecule has 1 saturated heterocycles. The van der Waals surface area contributed by atoms with E-state index in [0.29, 0.717) is 31.9 Å². The molecule has 0 aromatic carbocycles. The van der Waals surface area contributed by atoms with Crippen LogP contribution in [-0.2, 0) is 14.3 Å². The van der Waals surface area contributed by atoms with E-state index in [1.165, 1.54) is 6.08 Å². The first-order valence-corrected chi connectivity index (χ1v) is 5.76. The van der Waals surface area contributed by atoms with Gasteiger partial charge in [-0.3, -0.25) is 9.59 Å². The van der Waals surface area contributed by atoms with Gasteiger partial charge < -0.3 is 20.7 Å². The van der Waals surface area contributed by atoms with E-state index in [1.807, 2.05) is 0 Å². The van der Waals surface area contributed by atoms with Crippen LogP contribution in [0.1, 0.15) is 0 Å². The Morgan fingerprint density at radius 1 is 1.44 bits per heavy atom. The Bertz CT molecular complexity index is 348. The zero-order chi connectivity index (χ0) is 13.5. The molecule has 3 N–H and O–H groups in total. The molecule has 0 aromatic heterocycles. The fourth-order valence-corrected chi connectivity index (χ4v) is 1.49. The largest absolute Gasteiger partial charge is 0.378 e. The minimum absolute atomic E-state index is 0.0586. The van der Waals surface area contributed by atoms with Crippen molar-refractivity contribution < 1.29 is 14.3 Å². The number of morpholine rings is 1. The van der Waals surface area contributed by atoms with Crippen molar-refractivity contribution in [2.45, 2.75) is 6.04 Å². The number of carbonyl (C=O) groups excluding carboxylic acids is 2. The molecule has 1 unspecified atom stereocenters. The van der Waals surface area contributed by atoms with E-state index in [2.05, 4.69) is 18.5 Å². The maximum absolute atomic E-state index is 11.7. The van der Waals surface area contributed by atoms with Crippen molar-refractivity contribution in [1.82, 2.24) is 10.2 Å². The summed E-state index contributed by atoms with van der Waals surface area (Å²) in [6.07, 6.45) is 1.42. The first-order valence-electron chi connectivity index (χ1n) is 5.76. The molecule has 0 radical (unpaired) electrons. The lowest BCUT2D eigenvalue weighted by molar-refractivity contribution is -0.136. The van der Waals surface area contributed by atoms with Crippen LogP contribution >= 0.6 is 0 Å². The number of rotatable bonds is 5. The Kier molecular flexibility index (Phi) is 5.54. The van der Waals surface area contributed by atoms with Crippen molar-refractivity contribution in [2.75, 3.05) is 32.8 Å². The predicted octanol–water partition coefficient (Wildman–Crippen LogP) is -0.969. The summed E-state index contributed by atoms with van der Waals surface area (Å²) in [5.41, 5.74) is 6.03. The third kappa shape index (κ3) is 3.97. The summed E-state index contributed by atoms with van der Waals surface area (Å²) in [6.45, 7) is 9.20. The topological polar surface area (TPSA) is 84.7 Å². The highest BCUT2D eigenvalue weighted by atomic mass is 16.5. The van der Waals surface area contributed by atoms with Gasteiger partial charge in [-0.15, -0.1) is 0 Å². The van der Waals surface area contributed by atoms with Gasteiger partial charge in [-0.1, -0.05) is 19.2 Å². The second-order valence-corrected chi connectivity index (χ2v) is 3.97. The molecule has 0 saturated carbocycles. The predicted molar refractivity (Wildman–Crippen MR) is 67.7 cm³/mol. The number of nitrogens with two attached hydrogens (primary N) is 1. The number of ether oxygens (including phenoxy) is 1. The van der Waals surface area contributed by atoms with Gasteiger partial charge in [0, 0.05) is 13.1 Å². The number of hydrogen-bond donors (Lipinski definition) is 2. The number of nitrogens with zero attached hydrogens (tertiary/aromatic N) is 1. The molecule has 18 heavy (non-hydrogen) atoms. The zero-order valence-electron chi connectivity index (χ0n) is 10.4. The van der Waals surface area contributed by atoms with E-state index in [1.54, 1.807) is 4.90 Å². The van der Waals surface area contributed by atoms with Crippen molar-refractivity contribution in [1.29, 1.82) is 0 Å². The van der Waals surface area contributed by atoms with Crippen LogP contribution < -0.4 is 11.1 Å². The van der Waals surface area contributed by atoms with Crippen molar-refractivity contribution >= 4 is 11.8 Å². The first kappa shape index (κ1) is 14.4. The fourth-order valence-electron chi connectivity index (χ4n) is 1.49. The number of nitrogens with one attached hydrogen (secondary N) is 1. The van der Waals surface area contributed by atoms with Crippen molar-refractivity contribution in [3.05, 3.63) is 24.8 Å². The fraction of sp³-hybridized carbons (Fsp3) is 0.500. The molecule has 0 bridgehead atoms. The lowest BCUT2D eigenvalue weighted by atomic mass is 10.1. The molecular weight excluding hydrogens is 234 g/mol. The highest BCUT2D eigenvalue weighted by Gasteiger charge is 2.19. The van der Waals surface area contributed by atoms with Crippen LogP contribution in [0.15, 0.2) is 24.8 Å². The Morgan fingerprint density at radius 2 is 2.06 bits per heavy atom. The second-order valence-electron chi connectivity index (χ2n) is 3.97. The lowest BCUT2D eigenvalue weighted by Gasteiger charge is -2.27. The molecule has 100 valence electrons. The van der Waals surface area contributed by atoms with Crippen LogP contribution in [0.5, 0.6) is 0 Å². The van der Waals surface area contributed by atoms with E-state index >= 15 is 0 Å². The van der Waals surface area contributed by atoms with E-state index < -0.39 is 11.9 Å². The smallest absolute Gasteiger partial charge is 0.242 e. The Morgan fingerprint density at radius 3 is 2.61 bits per heavy atom. The standard InChI is InChI=1S/C12H19N3O3/c1-3-9(2)11(13)12(17)14-8-10(16)15-4-6-18-7-5-15/h3,11H,1-2,4-8,13H2,(H,14,17). The molecule has 0 aliphatic carbocycles. The molecule has 2 amide bonds. The zero-order valence-corrected chi connectivity index (χ0v) is 10.4. The van der Waals surface area contributed by atoms with Crippen LogP contribution in [-0.4, -0.2) is 55.6 Å². The van der Waals surface area contributed by atoms with Gasteiger partial charge in [0.05, 0.1) is 19.8 Å². The van der Waals surface area contributed by atoms with Crippen LogP contribution in [0.25, 0.3) is 0 Å². The maximum atomic E-state index is 11.7. The summed E-state index contributed by atoms with van der Waals surface area (Å²) < 4.78 is 5.14. The molecule has 1 heterocycles. The summed E-state index contributed by atoms with van der Waals surface area (Å²) in [5.74, 6) is -0.565. The van der Waals surface area contributed by atoms with Crippen LogP contribution in [0.4, 0.5) is 0 Å². The number of amides is 2. The van der Waals surface area contributed by atoms with Crippen LogP contribution in [0, 0.1) is 0 Å². The Labute approximate surface area is 106 Å². The van der Waals surface area contributed by atoms with Crippen LogP contribution in [0.2, 0.25) is 0 Å². The summed E-state index contributed by atoms with van der Waals surface area (Å²) in [5, 5.41) is 2.49. The van der Waals surface area contributed by atoms with Crippen molar-refractivity contribution in [3.8, 4) is 0 Å². The first-order chi connectivity index (χ1) is 8.56. The van der Waals surface area contributed by atoms with E-state index in [0.717, 1.165) is 0 Å². The van der Waals surface area contributed by atoms with E-state index in [-0.39, 0.29) is 12.5 Å². The normalized spacial score (nSPS) is 16.8. The summed E-state index contributed by atoms with van der Waals surface area (Å²) >= 11 is 0. The molecule has 1 fully saturated rings. The van der Waals surface area contributed by atoms with Gasteiger partial charge >= 0.3 is 0 Å². The summed E-state index contributed by atoms with van der Waals surface area (Å²) in [6, 6.07) is -0.861. The number of hydrogen-bond acceptors (Lipinski definition) is 4. The summed E-state index contributed by atoms with van der Waals surface area (Å²) in [7, 11) is 0. The molecule has 1 aliphatic rings. The van der Waals surface area contributed by atoms with Gasteiger partial charge in [-0.2, -0.15) is 0 Å². The molecule has 6 nitrogen and oxygen atoms in total. The van der Waals surface area contributed by atoms with Gasteiger partial charge in [-0.05, 0) is 5.57 Å². The third-order valence-corrected chi connectivity index (χ3v) is 2.72. The lowest BCUT2D eigenvalue weighted by Crippen LogP contribution is -2.48. The molecular formula is C12H19N3O3. The van der Waals surface area contributed by atoms with Gasteiger partial charge in [0.25, 0.3) is 0 Å². The molecule has 0 aromatic rings. The highest BCUT2D eigenvalue weighted by molar-refractivity contribution is 5.89. The average Bonchev–Trinajstić information content (AvgIpc) is 2.43. The van der Waals surface area contributed by atoms with Gasteiger partial charge in [0.15, 0.2) is 0 Å². The third-order valence-electron chi connectivity index (χ3n) is 2.72. The average molecular weight is 253 g/mol. The molecule has 0 spiro atoms. The van der Waals surface area contributed by atoms with Crippen LogP contribution in [0.3, 0.4) is 0 Å². The van der Waals surface area contributed by atoms with E-state index in [9.17, 15) is 9.59 Å². The van der Waals surface area contributed by atoms with Gasteiger partial charge in [0.1, 0.15) is 6.04 Å². The second kappa shape index (κ2) is 6.93. The van der Waals surface area contributed by atoms with Crippen molar-refractivity contribution in [2.24, 2.45) is 5.73 Å². The van der Waals surface area contributed by atoms with Gasteiger partial charge in [0.2, 0.25) is 11.8 Å². The highest BCUT2D eigenvalue weighted by Crippen LogP contribution is 1.99. The van der Waals surface area contributed by atoms with Gasteiger partial charge in [-0.25, -0.2) is 0 Å². The molecule has 1 rings (SSSR count). The molecule has 1 atom stereocenters. The summed E-state index contributed by atoms with van der Waals surface area (Å²) in [4.78, 5) is 25.0. The molecule has 1 aliphatic heterocycles. The molecule has 6 heteroatoms. The van der Waals surface area contributed by atoms with Crippen molar-refractivity contribution in [3.63, 3.8) is 0 Å².